The summed E-state index contributed by atoms with van der Waals surface area (Å²) in [6, 6.07) is 0.355. The third-order valence-corrected chi connectivity index (χ3v) is 2.51. The Labute approximate surface area is 91.4 Å². The lowest BCUT2D eigenvalue weighted by atomic mass is 10.1. The minimum atomic E-state index is 0.355. The lowest BCUT2D eigenvalue weighted by Gasteiger charge is -2.14. The molecule has 0 saturated carbocycles. The fourth-order valence-electron chi connectivity index (χ4n) is 1.59. The number of nitrogens with zero attached hydrogens (tertiary/aromatic N) is 2. The first kappa shape index (κ1) is 12.0. The quantitative estimate of drug-likeness (QED) is 0.805. The highest BCUT2D eigenvalue weighted by molar-refractivity contribution is 5.26. The van der Waals surface area contributed by atoms with Crippen molar-refractivity contribution < 1.29 is 4.74 Å². The molecule has 15 heavy (non-hydrogen) atoms. The number of hydrogen-bond donors (Lipinski definition) is 1. The number of rotatable bonds is 5. The van der Waals surface area contributed by atoms with Crippen molar-refractivity contribution in [3.05, 3.63) is 11.9 Å². The van der Waals surface area contributed by atoms with E-state index in [-0.39, 0.29) is 0 Å². The van der Waals surface area contributed by atoms with Gasteiger partial charge >= 0.3 is 0 Å². The van der Waals surface area contributed by atoms with E-state index in [9.17, 15) is 0 Å². The molecule has 1 aromatic rings. The molecule has 1 atom stereocenters. The van der Waals surface area contributed by atoms with Gasteiger partial charge in [0.25, 0.3) is 0 Å². The van der Waals surface area contributed by atoms with Gasteiger partial charge in [0.2, 0.25) is 0 Å². The third-order valence-electron chi connectivity index (χ3n) is 2.51. The molecule has 0 aliphatic rings. The summed E-state index contributed by atoms with van der Waals surface area (Å²) >= 11 is 0. The molecule has 0 aliphatic heterocycles. The van der Waals surface area contributed by atoms with Crippen molar-refractivity contribution in [2.24, 2.45) is 11.7 Å². The smallest absolute Gasteiger partial charge is 0.159 e. The molecule has 2 N–H and O–H groups in total. The first-order valence-electron chi connectivity index (χ1n) is 5.40. The average molecular weight is 211 g/mol. The Morgan fingerprint density at radius 1 is 1.47 bits per heavy atom. The second-order valence-corrected chi connectivity index (χ2v) is 4.24. The van der Waals surface area contributed by atoms with Crippen LogP contribution in [0.4, 0.5) is 0 Å². The Morgan fingerprint density at radius 3 is 2.60 bits per heavy atom. The Balaban J connectivity index is 2.94. The van der Waals surface area contributed by atoms with Crippen molar-refractivity contribution in [3.8, 4) is 5.75 Å². The predicted molar refractivity (Wildman–Crippen MR) is 61.1 cm³/mol. The van der Waals surface area contributed by atoms with Gasteiger partial charge in [0.1, 0.15) is 0 Å². The highest BCUT2D eigenvalue weighted by atomic mass is 16.5. The van der Waals surface area contributed by atoms with Gasteiger partial charge in [-0.2, -0.15) is 5.10 Å². The molecule has 0 aromatic carbocycles. The van der Waals surface area contributed by atoms with Gasteiger partial charge in [-0.25, -0.2) is 0 Å². The molecule has 0 radical (unpaired) electrons. The van der Waals surface area contributed by atoms with Crippen LogP contribution in [0, 0.1) is 5.92 Å². The van der Waals surface area contributed by atoms with Crippen LogP contribution < -0.4 is 10.5 Å². The maximum Gasteiger partial charge on any atom is 0.159 e. The van der Waals surface area contributed by atoms with E-state index in [1.165, 1.54) is 0 Å². The zero-order valence-corrected chi connectivity index (χ0v) is 10.0. The number of hydrogen-bond acceptors (Lipinski definition) is 3. The topological polar surface area (TPSA) is 53.1 Å². The van der Waals surface area contributed by atoms with Gasteiger partial charge in [-0.05, 0) is 32.7 Å². The van der Waals surface area contributed by atoms with E-state index in [0.29, 0.717) is 18.5 Å². The van der Waals surface area contributed by atoms with Crippen LogP contribution in [0.5, 0.6) is 5.75 Å². The summed E-state index contributed by atoms with van der Waals surface area (Å²) in [6.07, 6.45) is 2.69. The van der Waals surface area contributed by atoms with Crippen LogP contribution in [0.15, 0.2) is 6.20 Å². The van der Waals surface area contributed by atoms with E-state index < -0.39 is 0 Å². The summed E-state index contributed by atoms with van der Waals surface area (Å²) in [5.74, 6) is 1.32. The minimum absolute atomic E-state index is 0.355. The van der Waals surface area contributed by atoms with Gasteiger partial charge in [-0.15, -0.1) is 0 Å². The Morgan fingerprint density at radius 2 is 2.13 bits per heavy atom. The van der Waals surface area contributed by atoms with Gasteiger partial charge in [0, 0.05) is 6.04 Å². The minimum Gasteiger partial charge on any atom is -0.493 e. The van der Waals surface area contributed by atoms with Crippen molar-refractivity contribution in [3.63, 3.8) is 0 Å². The SMILES string of the molecule is COc1cnn(C(C)C)c1CC(C)CN. The predicted octanol–water partition coefficient (Wildman–Crippen LogP) is 1.61. The van der Waals surface area contributed by atoms with Gasteiger partial charge in [-0.1, -0.05) is 6.92 Å². The number of methoxy groups -OCH3 is 1. The molecule has 86 valence electrons. The number of ether oxygens (including phenoxy) is 1. The molecule has 0 aliphatic carbocycles. The van der Waals surface area contributed by atoms with Crippen molar-refractivity contribution in [2.45, 2.75) is 33.2 Å². The average Bonchev–Trinajstić information content (AvgIpc) is 2.60. The van der Waals surface area contributed by atoms with Gasteiger partial charge in [0.05, 0.1) is 19.0 Å². The summed E-state index contributed by atoms with van der Waals surface area (Å²) in [4.78, 5) is 0. The van der Waals surface area contributed by atoms with Crippen LogP contribution >= 0.6 is 0 Å². The fraction of sp³-hybridized carbons (Fsp3) is 0.727. The third kappa shape index (κ3) is 2.72. The molecule has 1 rings (SSSR count). The molecule has 1 heterocycles. The van der Waals surface area contributed by atoms with E-state index >= 15 is 0 Å². The first-order valence-corrected chi connectivity index (χ1v) is 5.40. The summed E-state index contributed by atoms with van der Waals surface area (Å²) in [5.41, 5.74) is 6.78. The van der Waals surface area contributed by atoms with E-state index in [1.54, 1.807) is 13.3 Å². The Hall–Kier alpha value is -1.03. The lowest BCUT2D eigenvalue weighted by Crippen LogP contribution is -2.17. The molecule has 0 saturated heterocycles. The van der Waals surface area contributed by atoms with Crippen molar-refractivity contribution >= 4 is 0 Å². The lowest BCUT2D eigenvalue weighted by molar-refractivity contribution is 0.397. The molecular formula is C11H21N3O. The number of aromatic nitrogens is 2. The second kappa shape index (κ2) is 5.16. The van der Waals surface area contributed by atoms with E-state index in [2.05, 4.69) is 25.9 Å². The van der Waals surface area contributed by atoms with Crippen molar-refractivity contribution in [1.29, 1.82) is 0 Å². The molecule has 0 amide bonds. The van der Waals surface area contributed by atoms with Crippen molar-refractivity contribution in [1.82, 2.24) is 9.78 Å². The van der Waals surface area contributed by atoms with E-state index in [1.807, 2.05) is 4.68 Å². The molecule has 0 bridgehead atoms. The van der Waals surface area contributed by atoms with E-state index in [4.69, 9.17) is 10.5 Å². The largest absolute Gasteiger partial charge is 0.493 e. The van der Waals surface area contributed by atoms with Gasteiger partial charge in [0.15, 0.2) is 5.75 Å². The summed E-state index contributed by atoms with van der Waals surface area (Å²) in [6.45, 7) is 7.05. The van der Waals surface area contributed by atoms with Gasteiger partial charge in [-0.3, -0.25) is 4.68 Å². The molecular weight excluding hydrogens is 190 g/mol. The van der Waals surface area contributed by atoms with Crippen LogP contribution in [0.3, 0.4) is 0 Å². The van der Waals surface area contributed by atoms with Crippen LogP contribution in [0.2, 0.25) is 0 Å². The fourth-order valence-corrected chi connectivity index (χ4v) is 1.59. The standard InChI is InChI=1S/C11H21N3O/c1-8(2)14-10(5-9(3)6-12)11(15-4)7-13-14/h7-9H,5-6,12H2,1-4H3. The zero-order valence-electron chi connectivity index (χ0n) is 10.0. The maximum absolute atomic E-state index is 5.64. The van der Waals surface area contributed by atoms with Gasteiger partial charge < -0.3 is 10.5 Å². The second-order valence-electron chi connectivity index (χ2n) is 4.24. The monoisotopic (exact) mass is 211 g/mol. The zero-order chi connectivity index (χ0) is 11.4. The highest BCUT2D eigenvalue weighted by Gasteiger charge is 2.15. The highest BCUT2D eigenvalue weighted by Crippen LogP contribution is 2.23. The molecule has 1 unspecified atom stereocenters. The van der Waals surface area contributed by atoms with Crippen LogP contribution in [0.25, 0.3) is 0 Å². The Kier molecular flexibility index (Phi) is 4.15. The molecule has 0 spiro atoms. The van der Waals surface area contributed by atoms with Crippen molar-refractivity contribution in [2.75, 3.05) is 13.7 Å². The number of nitrogens with two attached hydrogens (primary N) is 1. The molecule has 4 nitrogen and oxygen atoms in total. The summed E-state index contributed by atoms with van der Waals surface area (Å²) in [7, 11) is 1.68. The maximum atomic E-state index is 5.64. The van der Waals surface area contributed by atoms with Crippen LogP contribution in [-0.2, 0) is 6.42 Å². The normalized spacial score (nSPS) is 13.2. The summed E-state index contributed by atoms with van der Waals surface area (Å²) < 4.78 is 7.30. The Bertz CT molecular complexity index is 307. The van der Waals surface area contributed by atoms with Crippen LogP contribution in [-0.4, -0.2) is 23.4 Å². The molecule has 0 fully saturated rings. The van der Waals surface area contributed by atoms with E-state index in [0.717, 1.165) is 17.9 Å². The summed E-state index contributed by atoms with van der Waals surface area (Å²) in [5, 5.41) is 4.32. The molecule has 4 heteroatoms. The first-order chi connectivity index (χ1) is 7.10. The molecule has 1 aromatic heterocycles. The van der Waals surface area contributed by atoms with Crippen LogP contribution in [0.1, 0.15) is 32.5 Å².